The van der Waals surface area contributed by atoms with Crippen molar-refractivity contribution in [1.82, 2.24) is 25.5 Å². The Morgan fingerprint density at radius 2 is 1.83 bits per heavy atom. The lowest BCUT2D eigenvalue weighted by molar-refractivity contribution is -0.141. The van der Waals surface area contributed by atoms with Crippen LogP contribution in [0.5, 0.6) is 5.75 Å². The standard InChI is InChI=1S/C24H27N5O7/c1-16-9-11-24(12-10-16)22(33)29(23(34)25-24)27-19(30)15-36-21(32)18-7-8-20(31)28(26-18)13-14-35-17-5-3-2-4-6-17/h2-8,16H,9-15H2,1H3,(H,25,34)(H,27,30). The first-order valence-electron chi connectivity index (χ1n) is 11.7. The summed E-state index contributed by atoms with van der Waals surface area (Å²) < 4.78 is 11.6. The Morgan fingerprint density at radius 1 is 1.11 bits per heavy atom. The number of rotatable bonds is 8. The predicted molar refractivity (Wildman–Crippen MR) is 125 cm³/mol. The maximum atomic E-state index is 12.8. The zero-order valence-corrected chi connectivity index (χ0v) is 19.8. The molecule has 0 unspecified atom stereocenters. The van der Waals surface area contributed by atoms with Gasteiger partial charge < -0.3 is 14.8 Å². The van der Waals surface area contributed by atoms with Crippen LogP contribution in [0.25, 0.3) is 0 Å². The molecule has 1 spiro atoms. The minimum atomic E-state index is -1.00. The van der Waals surface area contributed by atoms with Crippen molar-refractivity contribution in [1.29, 1.82) is 0 Å². The van der Waals surface area contributed by atoms with Crippen LogP contribution in [0.15, 0.2) is 47.3 Å². The molecule has 1 aliphatic heterocycles. The summed E-state index contributed by atoms with van der Waals surface area (Å²) in [5.74, 6) is -1.25. The number of imide groups is 1. The van der Waals surface area contributed by atoms with Gasteiger partial charge in [0.1, 0.15) is 17.9 Å². The fourth-order valence-electron chi connectivity index (χ4n) is 4.16. The predicted octanol–water partition coefficient (Wildman–Crippen LogP) is 1.01. The summed E-state index contributed by atoms with van der Waals surface area (Å²) in [6, 6.07) is 10.6. The second kappa shape index (κ2) is 10.6. The number of ether oxygens (including phenoxy) is 2. The highest BCUT2D eigenvalue weighted by molar-refractivity contribution is 6.08. The second-order valence-corrected chi connectivity index (χ2v) is 8.89. The van der Waals surface area contributed by atoms with E-state index in [1.807, 2.05) is 18.2 Å². The third-order valence-electron chi connectivity index (χ3n) is 6.25. The van der Waals surface area contributed by atoms with Crippen LogP contribution in [0.4, 0.5) is 4.79 Å². The number of aromatic nitrogens is 2. The number of urea groups is 1. The van der Waals surface area contributed by atoms with Crippen LogP contribution in [0.1, 0.15) is 43.1 Å². The number of carbonyl (C=O) groups excluding carboxylic acids is 4. The van der Waals surface area contributed by atoms with Crippen molar-refractivity contribution in [2.75, 3.05) is 13.2 Å². The van der Waals surface area contributed by atoms with E-state index in [-0.39, 0.29) is 18.8 Å². The Hall–Kier alpha value is -4.22. The molecule has 1 aromatic heterocycles. The van der Waals surface area contributed by atoms with E-state index in [0.29, 0.717) is 29.5 Å². The van der Waals surface area contributed by atoms with Gasteiger partial charge in [0.05, 0.1) is 6.54 Å². The summed E-state index contributed by atoms with van der Waals surface area (Å²) in [7, 11) is 0. The van der Waals surface area contributed by atoms with Gasteiger partial charge in [-0.05, 0) is 49.8 Å². The molecule has 12 nitrogen and oxygen atoms in total. The number of nitrogens with one attached hydrogen (secondary N) is 2. The number of nitrogens with zero attached hydrogens (tertiary/aromatic N) is 3. The molecule has 4 amide bonds. The van der Waals surface area contributed by atoms with Crippen molar-refractivity contribution in [2.24, 2.45) is 5.92 Å². The van der Waals surface area contributed by atoms with E-state index in [1.54, 1.807) is 12.1 Å². The number of carbonyl (C=O) groups is 4. The Labute approximate surface area is 206 Å². The molecule has 36 heavy (non-hydrogen) atoms. The summed E-state index contributed by atoms with van der Waals surface area (Å²) in [4.78, 5) is 61.8. The molecular formula is C24H27N5O7. The molecule has 190 valence electrons. The average molecular weight is 498 g/mol. The van der Waals surface area contributed by atoms with Crippen molar-refractivity contribution in [3.05, 3.63) is 58.5 Å². The molecule has 12 heteroatoms. The van der Waals surface area contributed by atoms with Crippen LogP contribution in [-0.4, -0.2) is 57.4 Å². The summed E-state index contributed by atoms with van der Waals surface area (Å²) in [5, 5.41) is 7.28. The maximum Gasteiger partial charge on any atom is 0.359 e. The molecule has 2 N–H and O–H groups in total. The van der Waals surface area contributed by atoms with Gasteiger partial charge in [0.15, 0.2) is 12.3 Å². The molecule has 1 saturated carbocycles. The van der Waals surface area contributed by atoms with E-state index in [9.17, 15) is 24.0 Å². The first-order chi connectivity index (χ1) is 17.3. The second-order valence-electron chi connectivity index (χ2n) is 8.89. The van der Waals surface area contributed by atoms with Gasteiger partial charge in [-0.1, -0.05) is 25.1 Å². The van der Waals surface area contributed by atoms with Gasteiger partial charge in [0.25, 0.3) is 17.4 Å². The number of para-hydroxylation sites is 1. The highest BCUT2D eigenvalue weighted by Gasteiger charge is 2.52. The van der Waals surface area contributed by atoms with E-state index < -0.39 is 41.5 Å². The number of amides is 4. The largest absolute Gasteiger partial charge is 0.492 e. The summed E-state index contributed by atoms with van der Waals surface area (Å²) in [6.45, 7) is 1.56. The molecule has 0 bridgehead atoms. The molecule has 2 aliphatic rings. The first-order valence-corrected chi connectivity index (χ1v) is 11.7. The molecule has 2 fully saturated rings. The highest BCUT2D eigenvalue weighted by Crippen LogP contribution is 2.35. The minimum absolute atomic E-state index is 0.0854. The van der Waals surface area contributed by atoms with Gasteiger partial charge in [0.2, 0.25) is 0 Å². The molecule has 1 aliphatic carbocycles. The quantitative estimate of drug-likeness (QED) is 0.405. The van der Waals surface area contributed by atoms with Gasteiger partial charge in [-0.2, -0.15) is 10.1 Å². The molecule has 0 atom stereocenters. The molecule has 0 radical (unpaired) electrons. The number of hydrogen-bond acceptors (Lipinski definition) is 8. The van der Waals surface area contributed by atoms with Crippen LogP contribution >= 0.6 is 0 Å². The zero-order chi connectivity index (χ0) is 25.7. The molecule has 1 saturated heterocycles. The third-order valence-corrected chi connectivity index (χ3v) is 6.25. The lowest BCUT2D eigenvalue weighted by atomic mass is 9.77. The Bertz CT molecular complexity index is 1200. The number of esters is 1. The number of hydrogen-bond donors (Lipinski definition) is 2. The van der Waals surface area contributed by atoms with Crippen molar-refractivity contribution < 1.29 is 28.7 Å². The number of benzene rings is 1. The van der Waals surface area contributed by atoms with Crippen molar-refractivity contribution in [3.63, 3.8) is 0 Å². The molecule has 1 aromatic carbocycles. The van der Waals surface area contributed by atoms with Gasteiger partial charge in [0, 0.05) is 6.07 Å². The average Bonchev–Trinajstić information content (AvgIpc) is 3.10. The molecule has 2 aromatic rings. The van der Waals surface area contributed by atoms with E-state index >= 15 is 0 Å². The van der Waals surface area contributed by atoms with Gasteiger partial charge in [-0.15, -0.1) is 0 Å². The van der Waals surface area contributed by atoms with Gasteiger partial charge in [-0.25, -0.2) is 14.3 Å². The van der Waals surface area contributed by atoms with E-state index in [0.717, 1.165) is 23.6 Å². The van der Waals surface area contributed by atoms with Crippen molar-refractivity contribution >= 4 is 23.8 Å². The Kier molecular flexibility index (Phi) is 7.32. The molecule has 4 rings (SSSR count). The fourth-order valence-corrected chi connectivity index (χ4v) is 4.16. The van der Waals surface area contributed by atoms with Crippen molar-refractivity contribution in [2.45, 2.75) is 44.7 Å². The Balaban J connectivity index is 1.29. The topological polar surface area (TPSA) is 149 Å². The smallest absolute Gasteiger partial charge is 0.359 e. The van der Waals surface area contributed by atoms with Crippen LogP contribution in [0, 0.1) is 5.92 Å². The summed E-state index contributed by atoms with van der Waals surface area (Å²) >= 11 is 0. The summed E-state index contributed by atoms with van der Waals surface area (Å²) in [6.07, 6.45) is 2.58. The summed E-state index contributed by atoms with van der Waals surface area (Å²) in [5.41, 5.74) is 0.564. The monoisotopic (exact) mass is 497 g/mol. The van der Waals surface area contributed by atoms with Crippen LogP contribution < -0.4 is 21.0 Å². The van der Waals surface area contributed by atoms with Crippen molar-refractivity contribution in [3.8, 4) is 5.75 Å². The SMILES string of the molecule is CC1CCC2(CC1)NC(=O)N(NC(=O)COC(=O)c1ccc(=O)n(CCOc3ccccc3)n1)C2=O. The van der Waals surface area contributed by atoms with E-state index in [4.69, 9.17) is 9.47 Å². The van der Waals surface area contributed by atoms with E-state index in [2.05, 4.69) is 22.8 Å². The highest BCUT2D eigenvalue weighted by atomic mass is 16.5. The van der Waals surface area contributed by atoms with Gasteiger partial charge in [-0.3, -0.25) is 19.8 Å². The minimum Gasteiger partial charge on any atom is -0.492 e. The first kappa shape index (κ1) is 24.9. The maximum absolute atomic E-state index is 12.8. The van der Waals surface area contributed by atoms with Gasteiger partial charge >= 0.3 is 12.0 Å². The molecule has 2 heterocycles. The fraction of sp³-hybridized carbons (Fsp3) is 0.417. The van der Waals surface area contributed by atoms with Crippen LogP contribution in [0.2, 0.25) is 0 Å². The van der Waals surface area contributed by atoms with E-state index in [1.165, 1.54) is 6.07 Å². The number of hydrazine groups is 1. The van der Waals surface area contributed by atoms with Crippen LogP contribution in [0.3, 0.4) is 0 Å². The molecular weight excluding hydrogens is 470 g/mol. The Morgan fingerprint density at radius 3 is 2.56 bits per heavy atom. The lowest BCUT2D eigenvalue weighted by Gasteiger charge is -2.33. The lowest BCUT2D eigenvalue weighted by Crippen LogP contribution is -2.52. The normalized spacial score (nSPS) is 21.2. The third kappa shape index (κ3) is 5.53. The van der Waals surface area contributed by atoms with Crippen LogP contribution in [-0.2, 0) is 20.9 Å². The zero-order valence-electron chi connectivity index (χ0n) is 19.8.